The van der Waals surface area contributed by atoms with Crippen molar-refractivity contribution in [2.45, 2.75) is 120 Å². The number of ether oxygens (including phenoxy) is 2. The number of amides is 3. The monoisotopic (exact) mass is 926 g/mol. The molecule has 8 rings (SSSR count). The maximum absolute atomic E-state index is 14.9. The van der Waals surface area contributed by atoms with Crippen LogP contribution in [0.4, 0.5) is 23.2 Å². The molecule has 3 fully saturated rings. The average molecular weight is 927 g/mol. The fourth-order valence-electron chi connectivity index (χ4n) is 8.54. The number of hydrogen-bond acceptors (Lipinski definition) is 11. The summed E-state index contributed by atoms with van der Waals surface area (Å²) in [5.41, 5.74) is -0.511. The summed E-state index contributed by atoms with van der Waals surface area (Å²) >= 11 is 1.43. The smallest absolute Gasteiger partial charge is 0.419 e. The highest BCUT2D eigenvalue weighted by molar-refractivity contribution is 7.91. The number of hydrogen-bond donors (Lipinski definition) is 3. The average Bonchev–Trinajstić information content (AvgIpc) is 4.12. The van der Waals surface area contributed by atoms with E-state index in [1.165, 1.54) is 16.2 Å². The van der Waals surface area contributed by atoms with Gasteiger partial charge in [-0.25, -0.2) is 22.8 Å². The summed E-state index contributed by atoms with van der Waals surface area (Å²) in [6.07, 6.45) is 1.29. The van der Waals surface area contributed by atoms with Gasteiger partial charge in [0.1, 0.15) is 51.7 Å². The number of aromatic nitrogens is 2. The van der Waals surface area contributed by atoms with Gasteiger partial charge in [0.15, 0.2) is 0 Å². The number of carbonyl (C=O) groups excluding carboxylic acids is 3. The lowest BCUT2D eigenvalue weighted by molar-refractivity contribution is -0.140. The normalized spacial score (nSPS) is 24.4. The third-order valence-electron chi connectivity index (χ3n) is 12.4. The molecule has 3 amide bonds. The first-order valence-corrected chi connectivity index (χ1v) is 23.9. The van der Waals surface area contributed by atoms with Crippen molar-refractivity contribution in [3.63, 3.8) is 0 Å². The lowest BCUT2D eigenvalue weighted by Gasteiger charge is -2.30. The summed E-state index contributed by atoms with van der Waals surface area (Å²) in [7, 11) is -2.43. The second-order valence-corrected chi connectivity index (χ2v) is 20.2. The zero-order chi connectivity index (χ0) is 45.7. The molecule has 2 aliphatic heterocycles. The van der Waals surface area contributed by atoms with E-state index in [-0.39, 0.29) is 37.4 Å². The van der Waals surface area contributed by atoms with Crippen LogP contribution >= 0.6 is 11.3 Å². The zero-order valence-corrected chi connectivity index (χ0v) is 37.4. The van der Waals surface area contributed by atoms with Gasteiger partial charge >= 0.3 is 6.18 Å². The Bertz CT molecular complexity index is 2620. The van der Waals surface area contributed by atoms with E-state index in [0.717, 1.165) is 17.3 Å². The molecule has 0 radical (unpaired) electrons. The lowest BCUT2D eigenvalue weighted by Crippen LogP contribution is -2.57. The van der Waals surface area contributed by atoms with Crippen LogP contribution in [0.5, 0.6) is 11.5 Å². The first kappa shape index (κ1) is 45.3. The van der Waals surface area contributed by atoms with E-state index in [1.54, 1.807) is 31.4 Å². The number of fused-ring (bicyclic) bond motifs is 3. The predicted molar refractivity (Wildman–Crippen MR) is 233 cm³/mol. The minimum atomic E-state index is -5.00. The molecule has 2 aromatic heterocycles. The third-order valence-corrected chi connectivity index (χ3v) is 15.2. The fraction of sp³-hybridized carbons (Fsp3) is 0.489. The van der Waals surface area contributed by atoms with E-state index in [1.807, 2.05) is 32.2 Å². The quantitative estimate of drug-likeness (QED) is 0.106. The maximum atomic E-state index is 14.9. The number of halogens is 4. The molecule has 1 saturated heterocycles. The Labute approximate surface area is 372 Å². The largest absolute Gasteiger partial charge is 0.496 e. The van der Waals surface area contributed by atoms with E-state index in [2.05, 4.69) is 15.4 Å². The van der Waals surface area contributed by atoms with Crippen LogP contribution in [-0.4, -0.2) is 83.6 Å². The van der Waals surface area contributed by atoms with Crippen LogP contribution in [0.1, 0.15) is 94.4 Å². The van der Waals surface area contributed by atoms with Crippen LogP contribution in [-0.2, 0) is 30.6 Å². The minimum absolute atomic E-state index is 0.0688. The number of aryl methyl sites for hydroxylation is 1. The van der Waals surface area contributed by atoms with Crippen LogP contribution in [0.2, 0.25) is 0 Å². The number of nitrogens with one attached hydrogen (secondary N) is 3. The number of nitrogens with zero attached hydrogens (tertiary/aromatic N) is 3. The van der Waals surface area contributed by atoms with Crippen molar-refractivity contribution in [1.82, 2.24) is 24.9 Å². The van der Waals surface area contributed by atoms with Gasteiger partial charge in [-0.1, -0.05) is 38.8 Å². The number of alkyl halides is 3. The summed E-state index contributed by atoms with van der Waals surface area (Å²) in [5, 5.41) is 8.31. The summed E-state index contributed by atoms with van der Waals surface area (Å²) in [5.74, 6) is -3.05. The van der Waals surface area contributed by atoms with E-state index in [9.17, 15) is 40.4 Å². The van der Waals surface area contributed by atoms with Gasteiger partial charge in [0.25, 0.3) is 5.91 Å². The van der Waals surface area contributed by atoms with Crippen LogP contribution < -0.4 is 24.8 Å². The molecular formula is C45H50F4N6O7S2. The highest BCUT2D eigenvalue weighted by Crippen LogP contribution is 2.46. The van der Waals surface area contributed by atoms with E-state index in [4.69, 9.17) is 19.4 Å². The SMILES string of the molecule is COc1ccc2c(O[C@@H]3C[C@H]4C(=O)N[C@]5(C(=O)NS(=O)(=O)C6CC6)C[C@H]5C=CCCCCC[C@H](Nc5ccc(F)c(C(F)(F)F)c5)C(=O)N4C3)cc(-c3nc(C(C)C)cs3)nc2c1C. The topological polar surface area (TPSA) is 169 Å². The summed E-state index contributed by atoms with van der Waals surface area (Å²) in [6.45, 7) is 5.80. The fourth-order valence-corrected chi connectivity index (χ4v) is 10.8. The molecule has 64 heavy (non-hydrogen) atoms. The third kappa shape index (κ3) is 9.28. The molecule has 0 bridgehead atoms. The summed E-state index contributed by atoms with van der Waals surface area (Å²) in [4.78, 5) is 54.6. The number of anilines is 1. The van der Waals surface area contributed by atoms with Gasteiger partial charge in [-0.15, -0.1) is 11.3 Å². The molecule has 4 aromatic rings. The molecule has 0 spiro atoms. The molecule has 3 N–H and O–H groups in total. The van der Waals surface area contributed by atoms with Crippen LogP contribution in [0, 0.1) is 18.7 Å². The number of thiazole rings is 1. The Hall–Kier alpha value is -5.30. The van der Waals surface area contributed by atoms with Crippen molar-refractivity contribution in [3.05, 3.63) is 76.6 Å². The Morgan fingerprint density at radius 2 is 1.83 bits per heavy atom. The van der Waals surface area contributed by atoms with Gasteiger partial charge in [-0.2, -0.15) is 13.2 Å². The highest BCUT2D eigenvalue weighted by atomic mass is 32.2. The summed E-state index contributed by atoms with van der Waals surface area (Å²) < 4.78 is 96.3. The molecule has 4 heterocycles. The van der Waals surface area contributed by atoms with E-state index < -0.39 is 80.2 Å². The van der Waals surface area contributed by atoms with Crippen LogP contribution in [0.15, 0.2) is 53.9 Å². The Morgan fingerprint density at radius 3 is 2.53 bits per heavy atom. The van der Waals surface area contributed by atoms with Gasteiger partial charge in [0, 0.05) is 40.4 Å². The molecule has 2 saturated carbocycles. The number of sulfonamides is 1. The van der Waals surface area contributed by atoms with E-state index >= 15 is 0 Å². The van der Waals surface area contributed by atoms with Crippen molar-refractivity contribution in [3.8, 4) is 22.2 Å². The molecule has 19 heteroatoms. The van der Waals surface area contributed by atoms with Crippen molar-refractivity contribution < 1.29 is 49.8 Å². The molecule has 5 atom stereocenters. The van der Waals surface area contributed by atoms with Crippen LogP contribution in [0.3, 0.4) is 0 Å². The Balaban J connectivity index is 1.16. The Kier molecular flexibility index (Phi) is 12.4. The molecule has 0 unspecified atom stereocenters. The number of benzene rings is 2. The molecule has 13 nitrogen and oxygen atoms in total. The molecule has 2 aromatic carbocycles. The minimum Gasteiger partial charge on any atom is -0.496 e. The van der Waals surface area contributed by atoms with Gasteiger partial charge in [0.05, 0.1) is 35.7 Å². The van der Waals surface area contributed by atoms with Gasteiger partial charge < -0.3 is 25.0 Å². The number of methoxy groups -OCH3 is 1. The maximum Gasteiger partial charge on any atom is 0.419 e. The second kappa shape index (κ2) is 17.6. The molecule has 342 valence electrons. The van der Waals surface area contributed by atoms with Crippen molar-refractivity contribution in [1.29, 1.82) is 0 Å². The van der Waals surface area contributed by atoms with Crippen molar-refractivity contribution >= 4 is 55.7 Å². The second-order valence-electron chi connectivity index (χ2n) is 17.4. The Morgan fingerprint density at radius 1 is 1.05 bits per heavy atom. The van der Waals surface area contributed by atoms with Gasteiger partial charge in [-0.05, 0) is 81.7 Å². The number of pyridine rings is 1. The highest BCUT2D eigenvalue weighted by Gasteiger charge is 2.62. The van der Waals surface area contributed by atoms with Gasteiger partial charge in [-0.3, -0.25) is 19.1 Å². The number of rotatable bonds is 10. The van der Waals surface area contributed by atoms with Crippen molar-refractivity contribution in [2.24, 2.45) is 5.92 Å². The first-order chi connectivity index (χ1) is 30.4. The summed E-state index contributed by atoms with van der Waals surface area (Å²) in [6, 6.07) is 5.35. The van der Waals surface area contributed by atoms with Crippen LogP contribution in [0.25, 0.3) is 21.6 Å². The first-order valence-electron chi connectivity index (χ1n) is 21.5. The van der Waals surface area contributed by atoms with E-state index in [0.29, 0.717) is 83.8 Å². The standard InChI is InChI=1S/C45H50F4N6O7S2/c1-24(2)35-23-63-41(52-35)34-20-38(30-15-17-37(61-4)25(3)39(30)51-34)62-28-19-36-40(56)53-44(43(58)54-64(59,60)29-13-14-29)21-26(44)10-8-6-5-7-9-11-33(42(57)55(36)22-28)50-27-12-16-32(46)31(18-27)45(47,48)49/h8,10,12,15-18,20,23-24,26,28-29,33,36,50H,5-7,9,11,13-14,19,21-22H2,1-4H3,(H,53,56)(H,54,58)/t26-,28-,33+,36+,44-/m1/s1. The molecule has 4 aliphatic rings. The molecule has 2 aliphatic carbocycles. The number of allylic oxidation sites excluding steroid dienone is 1. The number of carbonyl (C=O) groups is 3. The molecular weight excluding hydrogens is 877 g/mol. The van der Waals surface area contributed by atoms with Gasteiger partial charge in [0.2, 0.25) is 21.8 Å². The lowest BCUT2D eigenvalue weighted by atomic mass is 10.0. The van der Waals surface area contributed by atoms with Crippen molar-refractivity contribution in [2.75, 3.05) is 19.0 Å². The zero-order valence-electron chi connectivity index (χ0n) is 35.8. The predicted octanol–water partition coefficient (Wildman–Crippen LogP) is 7.79.